The third-order valence-corrected chi connectivity index (χ3v) is 18.6. The van der Waals surface area contributed by atoms with Crippen LogP contribution in [0.4, 0.5) is 0 Å². The predicted octanol–water partition coefficient (Wildman–Crippen LogP) is 6.78. The third-order valence-electron chi connectivity index (χ3n) is 7.35. The first-order chi connectivity index (χ1) is 12.6. The fourth-order valence-corrected chi connectivity index (χ4v) is 12.8. The van der Waals surface area contributed by atoms with E-state index in [0.29, 0.717) is 0 Å². The predicted molar refractivity (Wildman–Crippen MR) is 126 cm³/mol. The molecule has 0 bridgehead atoms. The minimum atomic E-state index is -1.42. The van der Waals surface area contributed by atoms with E-state index >= 15 is 0 Å². The molecule has 2 rings (SSSR count). The quantitative estimate of drug-likeness (QED) is 0.419. The first-order valence-electron chi connectivity index (χ1n) is 10.8. The van der Waals surface area contributed by atoms with Crippen molar-refractivity contribution >= 4 is 26.5 Å². The second kappa shape index (κ2) is 9.19. The molecule has 0 saturated heterocycles. The van der Waals surface area contributed by atoms with Crippen molar-refractivity contribution in [1.82, 2.24) is 0 Å². The Balaban J connectivity index is 2.77. The van der Waals surface area contributed by atoms with E-state index < -0.39 is 16.1 Å². The summed E-state index contributed by atoms with van der Waals surface area (Å²) in [5.41, 5.74) is 3.10. The van der Waals surface area contributed by atoms with Crippen molar-refractivity contribution < 1.29 is 0 Å². The van der Waals surface area contributed by atoms with Gasteiger partial charge in [-0.05, 0) is 11.1 Å². The Kier molecular flexibility index (Phi) is 7.48. The maximum Gasteiger partial charge on any atom is 0.0867 e. The molecule has 0 aliphatic carbocycles. The second-order valence-corrected chi connectivity index (χ2v) is 18.2. The van der Waals surface area contributed by atoms with Gasteiger partial charge in [0.15, 0.2) is 0 Å². The molecule has 142 valence electrons. The normalized spacial score (nSPS) is 12.4. The molecule has 2 heteroatoms. The van der Waals surface area contributed by atoms with E-state index in [1.807, 2.05) is 0 Å². The highest BCUT2D eigenvalue weighted by molar-refractivity contribution is 6.94. The van der Waals surface area contributed by atoms with Gasteiger partial charge in [0, 0.05) is 0 Å². The first kappa shape index (κ1) is 21.2. The highest BCUT2D eigenvalue weighted by Crippen LogP contribution is 2.30. The molecule has 0 fully saturated rings. The van der Waals surface area contributed by atoms with Crippen LogP contribution in [0.15, 0.2) is 48.5 Å². The second-order valence-electron chi connectivity index (χ2n) is 7.77. The van der Waals surface area contributed by atoms with E-state index in [-0.39, 0.29) is 0 Å². The molecular weight excluding hydrogens is 344 g/mol. The topological polar surface area (TPSA) is 0 Å². The molecule has 2 aromatic carbocycles. The smallest absolute Gasteiger partial charge is 0.0675 e. The fraction of sp³-hybridized carbons (Fsp3) is 0.500. The lowest BCUT2D eigenvalue weighted by atomic mass is 10.1. The molecular formula is C24H38Si2. The van der Waals surface area contributed by atoms with E-state index in [2.05, 4.69) is 90.1 Å². The monoisotopic (exact) mass is 382 g/mol. The zero-order valence-corrected chi connectivity index (χ0v) is 19.9. The Morgan fingerprint density at radius 2 is 0.731 bits per heavy atom. The van der Waals surface area contributed by atoms with E-state index in [0.717, 1.165) is 0 Å². The number of benzene rings is 2. The van der Waals surface area contributed by atoms with Crippen LogP contribution >= 0.6 is 0 Å². The lowest BCUT2D eigenvalue weighted by Gasteiger charge is -2.34. The Labute approximate surface area is 164 Å². The molecule has 0 unspecified atom stereocenters. The number of rotatable bonds is 9. The van der Waals surface area contributed by atoms with Gasteiger partial charge in [-0.25, -0.2) is 0 Å². The Morgan fingerprint density at radius 1 is 0.462 bits per heavy atom. The van der Waals surface area contributed by atoms with E-state index in [4.69, 9.17) is 0 Å². The van der Waals surface area contributed by atoms with Crippen molar-refractivity contribution in [3.05, 3.63) is 48.5 Å². The van der Waals surface area contributed by atoms with Crippen LogP contribution in [-0.2, 0) is 0 Å². The largest absolute Gasteiger partial charge is 0.0867 e. The SMILES string of the molecule is CC[Si](CC)(CC)c1ccccc1-c1ccccc1[Si](CC)(CC)CC. The maximum absolute atomic E-state index is 2.46. The van der Waals surface area contributed by atoms with Crippen LogP contribution in [0.3, 0.4) is 0 Å². The van der Waals surface area contributed by atoms with Crippen LogP contribution in [0.5, 0.6) is 0 Å². The molecule has 2 aromatic rings. The standard InChI is InChI=1S/C24H38Si2/c1-7-25(8-2,9-3)23-19-15-13-17-21(23)22-18-14-16-20-24(22)26(10-4,11-5)12-6/h13-20H,7-12H2,1-6H3. The molecule has 0 radical (unpaired) electrons. The molecule has 26 heavy (non-hydrogen) atoms. The van der Waals surface area contributed by atoms with Crippen molar-refractivity contribution in [2.75, 3.05) is 0 Å². The minimum Gasteiger partial charge on any atom is -0.0675 e. The highest BCUT2D eigenvalue weighted by Gasteiger charge is 2.35. The van der Waals surface area contributed by atoms with Gasteiger partial charge in [0.05, 0.1) is 16.1 Å². The molecule has 0 nitrogen and oxygen atoms in total. The Bertz CT molecular complexity index is 619. The molecule has 0 aliphatic heterocycles. The summed E-state index contributed by atoms with van der Waals surface area (Å²) in [4.78, 5) is 0. The summed E-state index contributed by atoms with van der Waals surface area (Å²) in [6.07, 6.45) is 0. The summed E-state index contributed by atoms with van der Waals surface area (Å²) in [5, 5.41) is 3.40. The van der Waals surface area contributed by atoms with Crippen LogP contribution in [0.25, 0.3) is 11.1 Å². The van der Waals surface area contributed by atoms with Gasteiger partial charge in [0.2, 0.25) is 0 Å². The van der Waals surface area contributed by atoms with Gasteiger partial charge >= 0.3 is 0 Å². The van der Waals surface area contributed by atoms with Crippen LogP contribution < -0.4 is 10.4 Å². The van der Waals surface area contributed by atoms with Gasteiger partial charge in [-0.1, -0.05) is 137 Å². The van der Waals surface area contributed by atoms with E-state index in [9.17, 15) is 0 Å². The number of hydrogen-bond acceptors (Lipinski definition) is 0. The molecule has 0 amide bonds. The Hall–Kier alpha value is -1.13. The third kappa shape index (κ3) is 3.63. The molecule has 0 N–H and O–H groups in total. The van der Waals surface area contributed by atoms with Gasteiger partial charge in [-0.2, -0.15) is 0 Å². The first-order valence-corrected chi connectivity index (χ1v) is 16.0. The molecule has 0 aliphatic rings. The van der Waals surface area contributed by atoms with Crippen molar-refractivity contribution in [2.24, 2.45) is 0 Å². The molecule has 0 spiro atoms. The summed E-state index contributed by atoms with van der Waals surface area (Å²) in [5.74, 6) is 0. The minimum absolute atomic E-state index is 1.34. The van der Waals surface area contributed by atoms with Gasteiger partial charge in [0.1, 0.15) is 0 Å². The van der Waals surface area contributed by atoms with Crippen molar-refractivity contribution in [2.45, 2.75) is 77.8 Å². The summed E-state index contributed by atoms with van der Waals surface area (Å²) in [6, 6.07) is 26.9. The zero-order valence-electron chi connectivity index (χ0n) is 17.9. The summed E-state index contributed by atoms with van der Waals surface area (Å²) in [6.45, 7) is 14.5. The maximum atomic E-state index is 2.46. The van der Waals surface area contributed by atoms with Crippen LogP contribution in [-0.4, -0.2) is 16.1 Å². The van der Waals surface area contributed by atoms with Crippen LogP contribution in [0.1, 0.15) is 41.5 Å². The summed E-state index contributed by atoms with van der Waals surface area (Å²) in [7, 11) is -2.84. The van der Waals surface area contributed by atoms with E-state index in [1.165, 1.54) is 36.3 Å². The molecule has 0 atom stereocenters. The van der Waals surface area contributed by atoms with Gasteiger partial charge in [0.25, 0.3) is 0 Å². The average molecular weight is 383 g/mol. The molecule has 0 saturated carbocycles. The summed E-state index contributed by atoms with van der Waals surface area (Å²) < 4.78 is 0. The number of hydrogen-bond donors (Lipinski definition) is 0. The van der Waals surface area contributed by atoms with Crippen LogP contribution in [0.2, 0.25) is 36.3 Å². The molecule has 0 heterocycles. The highest BCUT2D eigenvalue weighted by atomic mass is 28.3. The van der Waals surface area contributed by atoms with Gasteiger partial charge < -0.3 is 0 Å². The molecule has 0 aromatic heterocycles. The van der Waals surface area contributed by atoms with Gasteiger partial charge in [-0.3, -0.25) is 0 Å². The van der Waals surface area contributed by atoms with Crippen molar-refractivity contribution in [1.29, 1.82) is 0 Å². The van der Waals surface area contributed by atoms with Crippen molar-refractivity contribution in [3.63, 3.8) is 0 Å². The zero-order chi connectivity index (χ0) is 19.2. The van der Waals surface area contributed by atoms with Crippen molar-refractivity contribution in [3.8, 4) is 11.1 Å². The lowest BCUT2D eigenvalue weighted by molar-refractivity contribution is 1.19. The fourth-order valence-electron chi connectivity index (χ4n) is 5.00. The van der Waals surface area contributed by atoms with Gasteiger partial charge in [-0.15, -0.1) is 0 Å². The van der Waals surface area contributed by atoms with Crippen LogP contribution in [0, 0.1) is 0 Å². The van der Waals surface area contributed by atoms with E-state index in [1.54, 1.807) is 21.5 Å². The Morgan fingerprint density at radius 3 is 1.00 bits per heavy atom. The lowest BCUT2D eigenvalue weighted by Crippen LogP contribution is -2.49. The summed E-state index contributed by atoms with van der Waals surface area (Å²) >= 11 is 0. The average Bonchev–Trinajstić information content (AvgIpc) is 2.72.